The Morgan fingerprint density at radius 3 is 2.40 bits per heavy atom. The van der Waals surface area contributed by atoms with Crippen molar-refractivity contribution in [1.82, 2.24) is 5.32 Å². The van der Waals surface area contributed by atoms with E-state index in [1.807, 2.05) is 6.08 Å². The van der Waals surface area contributed by atoms with E-state index < -0.39 is 0 Å². The highest BCUT2D eigenvalue weighted by Gasteiger charge is 2.49. The molecule has 0 radical (unpaired) electrons. The highest BCUT2D eigenvalue weighted by Crippen LogP contribution is 2.50. The molecule has 15 heavy (non-hydrogen) atoms. The Kier molecular flexibility index (Phi) is 1.93. The zero-order valence-electron chi connectivity index (χ0n) is 9.05. The number of rotatable bonds is 3. The van der Waals surface area contributed by atoms with Crippen LogP contribution in [-0.2, 0) is 0 Å². The Hall–Kier alpha value is -0.830. The van der Waals surface area contributed by atoms with Gasteiger partial charge in [0.1, 0.15) is 0 Å². The third-order valence-corrected chi connectivity index (χ3v) is 4.17. The van der Waals surface area contributed by atoms with Crippen molar-refractivity contribution in [3.8, 4) is 0 Å². The van der Waals surface area contributed by atoms with Gasteiger partial charge in [-0.15, -0.1) is 0 Å². The quantitative estimate of drug-likeness (QED) is 0.607. The van der Waals surface area contributed by atoms with Crippen LogP contribution in [0.25, 0.3) is 0 Å². The van der Waals surface area contributed by atoms with Gasteiger partial charge < -0.3 is 16.5 Å². The van der Waals surface area contributed by atoms with Crippen LogP contribution in [0.1, 0.15) is 25.7 Å². The zero-order valence-corrected chi connectivity index (χ0v) is 9.05. The SMILES string of the molecule is N=C(/C=C(\N)C1CC2(CNC2)C1)C1CC1. The van der Waals surface area contributed by atoms with Crippen molar-refractivity contribution in [3.63, 3.8) is 0 Å². The highest BCUT2D eigenvalue weighted by atomic mass is 15.0. The van der Waals surface area contributed by atoms with Crippen LogP contribution in [0.4, 0.5) is 0 Å². The van der Waals surface area contributed by atoms with E-state index >= 15 is 0 Å². The van der Waals surface area contributed by atoms with Gasteiger partial charge in [0.2, 0.25) is 0 Å². The smallest absolute Gasteiger partial charge is 0.0362 e. The Bertz CT molecular complexity index is 316. The molecule has 3 aliphatic rings. The predicted molar refractivity (Wildman–Crippen MR) is 60.7 cm³/mol. The summed E-state index contributed by atoms with van der Waals surface area (Å²) >= 11 is 0. The summed E-state index contributed by atoms with van der Waals surface area (Å²) < 4.78 is 0. The summed E-state index contributed by atoms with van der Waals surface area (Å²) in [6.07, 6.45) is 6.80. The number of nitrogens with two attached hydrogens (primary N) is 1. The van der Waals surface area contributed by atoms with Gasteiger partial charge in [-0.25, -0.2) is 0 Å². The van der Waals surface area contributed by atoms with Crippen LogP contribution in [0.2, 0.25) is 0 Å². The first-order valence-electron chi connectivity index (χ1n) is 5.95. The molecule has 4 N–H and O–H groups in total. The van der Waals surface area contributed by atoms with Gasteiger partial charge in [-0.05, 0) is 43.1 Å². The van der Waals surface area contributed by atoms with E-state index in [0.717, 1.165) is 11.4 Å². The summed E-state index contributed by atoms with van der Waals surface area (Å²) in [7, 11) is 0. The third-order valence-electron chi connectivity index (χ3n) is 4.17. The van der Waals surface area contributed by atoms with Gasteiger partial charge in [0.05, 0.1) is 0 Å². The average molecular weight is 205 g/mol. The second-order valence-corrected chi connectivity index (χ2v) is 5.58. The van der Waals surface area contributed by atoms with Crippen LogP contribution in [0.15, 0.2) is 11.8 Å². The fourth-order valence-electron chi connectivity index (χ4n) is 2.80. The lowest BCUT2D eigenvalue weighted by Gasteiger charge is -2.54. The first kappa shape index (κ1) is 9.40. The van der Waals surface area contributed by atoms with Crippen LogP contribution >= 0.6 is 0 Å². The molecule has 82 valence electrons. The Labute approximate surface area is 90.6 Å². The molecule has 2 saturated carbocycles. The summed E-state index contributed by atoms with van der Waals surface area (Å²) in [6.45, 7) is 2.35. The van der Waals surface area contributed by atoms with Crippen LogP contribution in [0, 0.1) is 22.7 Å². The number of hydrogen-bond acceptors (Lipinski definition) is 3. The first-order valence-corrected chi connectivity index (χ1v) is 5.95. The van der Waals surface area contributed by atoms with E-state index in [0.29, 0.717) is 17.3 Å². The molecule has 2 aliphatic carbocycles. The van der Waals surface area contributed by atoms with Crippen LogP contribution in [-0.4, -0.2) is 18.8 Å². The third kappa shape index (κ3) is 1.59. The molecule has 0 atom stereocenters. The molecular weight excluding hydrogens is 186 g/mol. The van der Waals surface area contributed by atoms with Crippen LogP contribution < -0.4 is 11.1 Å². The molecular formula is C12H19N3. The van der Waals surface area contributed by atoms with Crippen molar-refractivity contribution >= 4 is 5.71 Å². The molecule has 1 spiro atoms. The number of hydrogen-bond donors (Lipinski definition) is 3. The van der Waals surface area contributed by atoms with Crippen LogP contribution in [0.5, 0.6) is 0 Å². The topological polar surface area (TPSA) is 61.9 Å². The van der Waals surface area contributed by atoms with Gasteiger partial charge in [-0.2, -0.15) is 0 Å². The molecule has 0 bridgehead atoms. The lowest BCUT2D eigenvalue weighted by Crippen LogP contribution is -2.60. The van der Waals surface area contributed by atoms with E-state index in [9.17, 15) is 0 Å². The molecule has 1 heterocycles. The van der Waals surface area contributed by atoms with E-state index in [1.54, 1.807) is 0 Å². The van der Waals surface area contributed by atoms with Gasteiger partial charge in [0.15, 0.2) is 0 Å². The zero-order chi connectivity index (χ0) is 10.5. The van der Waals surface area contributed by atoms with Crippen molar-refractivity contribution in [2.45, 2.75) is 25.7 Å². The summed E-state index contributed by atoms with van der Waals surface area (Å²) in [5.41, 5.74) is 8.36. The van der Waals surface area contributed by atoms with E-state index in [-0.39, 0.29) is 0 Å². The van der Waals surface area contributed by atoms with Crippen molar-refractivity contribution < 1.29 is 0 Å². The molecule has 0 aromatic rings. The second kappa shape index (κ2) is 3.08. The normalized spacial score (nSPS) is 29.7. The molecule has 0 amide bonds. The second-order valence-electron chi connectivity index (χ2n) is 5.58. The van der Waals surface area contributed by atoms with Gasteiger partial charge in [0, 0.05) is 30.4 Å². The number of nitrogens with one attached hydrogen (secondary N) is 2. The summed E-state index contributed by atoms with van der Waals surface area (Å²) in [5.74, 6) is 1.09. The summed E-state index contributed by atoms with van der Waals surface area (Å²) in [5, 5.41) is 11.1. The molecule has 3 rings (SSSR count). The van der Waals surface area contributed by atoms with E-state index in [4.69, 9.17) is 11.1 Å². The van der Waals surface area contributed by atoms with E-state index in [1.165, 1.54) is 38.8 Å². The van der Waals surface area contributed by atoms with Gasteiger partial charge in [0.25, 0.3) is 0 Å². The molecule has 3 nitrogen and oxygen atoms in total. The Morgan fingerprint density at radius 1 is 1.27 bits per heavy atom. The molecule has 0 aromatic heterocycles. The van der Waals surface area contributed by atoms with Crippen molar-refractivity contribution in [1.29, 1.82) is 5.41 Å². The standard InChI is InChI=1S/C12H19N3/c13-10(8-1-2-8)3-11(14)9-4-12(5-9)6-15-7-12/h3,8-9,13,15H,1-2,4-7,14H2/b11-3-,13-10?. The molecule has 3 heteroatoms. The average Bonchev–Trinajstić information content (AvgIpc) is 2.79. The van der Waals surface area contributed by atoms with Gasteiger partial charge in [-0.1, -0.05) is 0 Å². The maximum absolute atomic E-state index is 7.82. The minimum atomic E-state index is 0.531. The van der Waals surface area contributed by atoms with Gasteiger partial charge >= 0.3 is 0 Å². The van der Waals surface area contributed by atoms with Crippen molar-refractivity contribution in [2.24, 2.45) is 23.0 Å². The first-order chi connectivity index (χ1) is 7.19. The van der Waals surface area contributed by atoms with Crippen molar-refractivity contribution in [2.75, 3.05) is 13.1 Å². The maximum atomic E-state index is 7.82. The Morgan fingerprint density at radius 2 is 1.93 bits per heavy atom. The summed E-state index contributed by atoms with van der Waals surface area (Å²) in [6, 6.07) is 0. The van der Waals surface area contributed by atoms with Crippen molar-refractivity contribution in [3.05, 3.63) is 11.8 Å². The molecule has 3 fully saturated rings. The minimum absolute atomic E-state index is 0.531. The van der Waals surface area contributed by atoms with E-state index in [2.05, 4.69) is 5.32 Å². The van der Waals surface area contributed by atoms with Gasteiger partial charge in [-0.3, -0.25) is 0 Å². The Balaban J connectivity index is 1.56. The molecule has 1 saturated heterocycles. The van der Waals surface area contributed by atoms with Crippen LogP contribution in [0.3, 0.4) is 0 Å². The fourth-order valence-corrected chi connectivity index (χ4v) is 2.80. The maximum Gasteiger partial charge on any atom is 0.0362 e. The largest absolute Gasteiger partial charge is 0.402 e. The molecule has 1 aliphatic heterocycles. The molecule has 0 aromatic carbocycles. The monoisotopic (exact) mass is 205 g/mol. The predicted octanol–water partition coefficient (Wildman–Crippen LogP) is 1.26. The number of allylic oxidation sites excluding steroid dienone is 2. The minimum Gasteiger partial charge on any atom is -0.402 e. The highest BCUT2D eigenvalue weighted by molar-refractivity contribution is 5.96. The molecule has 0 unspecified atom stereocenters. The lowest BCUT2D eigenvalue weighted by atomic mass is 9.58. The lowest BCUT2D eigenvalue weighted by molar-refractivity contribution is 0.0168. The summed E-state index contributed by atoms with van der Waals surface area (Å²) in [4.78, 5) is 0. The fraction of sp³-hybridized carbons (Fsp3) is 0.750.